The highest BCUT2D eigenvalue weighted by Crippen LogP contribution is 2.38. The molecule has 1 aliphatic carbocycles. The molecule has 7 rings (SSSR count). The summed E-state index contributed by atoms with van der Waals surface area (Å²) in [5, 5.41) is 30.6. The summed E-state index contributed by atoms with van der Waals surface area (Å²) in [7, 11) is 3.32. The normalized spacial score (nSPS) is 20.0. The zero-order valence-electron chi connectivity index (χ0n) is 46.8. The summed E-state index contributed by atoms with van der Waals surface area (Å²) in [6.07, 6.45) is 3.03. The molecule has 1 fully saturated rings. The number of carbonyl (C=O) groups excluding carboxylic acids is 7. The van der Waals surface area contributed by atoms with Gasteiger partial charge in [0.1, 0.15) is 30.2 Å². The van der Waals surface area contributed by atoms with Gasteiger partial charge < -0.3 is 47.0 Å². The van der Waals surface area contributed by atoms with Gasteiger partial charge in [0.25, 0.3) is 0 Å². The molecule has 0 aromatic heterocycles. The van der Waals surface area contributed by atoms with Crippen LogP contribution in [0.3, 0.4) is 0 Å². The highest BCUT2D eigenvalue weighted by atomic mass is 16.2. The number of amides is 7. The van der Waals surface area contributed by atoms with E-state index in [-0.39, 0.29) is 50.2 Å². The van der Waals surface area contributed by atoms with E-state index >= 15 is 14.4 Å². The predicted octanol–water partition coefficient (Wildman–Crippen LogP) is 5.33. The molecule has 0 saturated carbocycles. The smallest absolute Gasteiger partial charge is 0.247 e. The van der Waals surface area contributed by atoms with Crippen molar-refractivity contribution in [3.63, 3.8) is 0 Å². The lowest BCUT2D eigenvalue weighted by Crippen LogP contribution is -2.62. The minimum atomic E-state index is -1.11. The van der Waals surface area contributed by atoms with Crippen LogP contribution in [0, 0.1) is 22.2 Å². The van der Waals surface area contributed by atoms with E-state index < -0.39 is 88.6 Å². The second-order valence-electron chi connectivity index (χ2n) is 23.4. The number of nitrogens with one attached hydrogen (secondary N) is 7. The third-order valence-electron chi connectivity index (χ3n) is 15.6. The van der Waals surface area contributed by atoms with Gasteiger partial charge in [-0.25, -0.2) is 0 Å². The lowest BCUT2D eigenvalue weighted by atomic mass is 9.83. The van der Waals surface area contributed by atoms with Gasteiger partial charge in [-0.3, -0.25) is 33.6 Å². The Morgan fingerprint density at radius 1 is 0.667 bits per heavy atom. The number of rotatable bonds is 17. The van der Waals surface area contributed by atoms with Crippen LogP contribution < -0.4 is 37.2 Å². The standard InChI is InChI=1S/C61H78N10O7/c1-36(63-9)53(72)68-51(60(3,4)5)58(77)70-34-43-30-41(26-27-42(43)31-49(70)56(75)66-47-25-17-22-40-21-14-15-24-46(40)47)44-32-50(71(35-44)59(78)52(61(6,7)8)69-54(73)37(2)64-10)57(76)67-48(29-38-18-12-11-13-19-38)55(74)65-45-23-16-20-39(28-45)33-62/h11-16,18-21,23-24,26-28,30,36-37,44,47-52,63-64H,17,22,25,29,31-32,34-35H2,1-10H3,(H,65,74)(H,66,75)(H,67,76)(H,68,72)(H,69,73)/t36-,37-,44-,47+,48-,49-,50-,51+,52+/m0/s1. The molecule has 414 valence electrons. The Morgan fingerprint density at radius 2 is 1.29 bits per heavy atom. The summed E-state index contributed by atoms with van der Waals surface area (Å²) >= 11 is 0. The fourth-order valence-corrected chi connectivity index (χ4v) is 10.7. The molecular weight excluding hydrogens is 985 g/mol. The number of hydrogen-bond acceptors (Lipinski definition) is 10. The molecule has 7 amide bonds. The summed E-state index contributed by atoms with van der Waals surface area (Å²) in [4.78, 5) is 104. The van der Waals surface area contributed by atoms with Crippen molar-refractivity contribution in [3.05, 3.63) is 136 Å². The monoisotopic (exact) mass is 1060 g/mol. The molecule has 0 unspecified atom stereocenters. The third-order valence-corrected chi connectivity index (χ3v) is 15.6. The average molecular weight is 1060 g/mol. The Labute approximate surface area is 459 Å². The molecule has 3 aliphatic rings. The Morgan fingerprint density at radius 3 is 1.92 bits per heavy atom. The molecule has 17 nitrogen and oxygen atoms in total. The van der Waals surface area contributed by atoms with Gasteiger partial charge in [-0.05, 0) is 116 Å². The van der Waals surface area contributed by atoms with Crippen LogP contribution in [0.4, 0.5) is 5.69 Å². The minimum absolute atomic E-state index is 0.0417. The van der Waals surface area contributed by atoms with Crippen molar-refractivity contribution in [2.45, 2.75) is 155 Å². The molecule has 4 aromatic rings. The van der Waals surface area contributed by atoms with Crippen LogP contribution in [0.5, 0.6) is 0 Å². The molecule has 4 aromatic carbocycles. The number of carbonyl (C=O) groups is 7. The molecule has 0 bridgehead atoms. The summed E-state index contributed by atoms with van der Waals surface area (Å²) in [6, 6.07) is 25.2. The second-order valence-corrected chi connectivity index (χ2v) is 23.4. The van der Waals surface area contributed by atoms with Crippen molar-refractivity contribution in [2.75, 3.05) is 26.0 Å². The number of hydrogen-bond donors (Lipinski definition) is 7. The second kappa shape index (κ2) is 24.9. The van der Waals surface area contributed by atoms with Gasteiger partial charge in [-0.15, -0.1) is 0 Å². The van der Waals surface area contributed by atoms with E-state index in [1.54, 1.807) is 57.1 Å². The van der Waals surface area contributed by atoms with E-state index in [4.69, 9.17) is 0 Å². The summed E-state index contributed by atoms with van der Waals surface area (Å²) < 4.78 is 0. The van der Waals surface area contributed by atoms with Crippen LogP contribution in [0.15, 0.2) is 97.1 Å². The lowest BCUT2D eigenvalue weighted by molar-refractivity contribution is -0.147. The number of likely N-dealkylation sites (tertiary alicyclic amines) is 1. The van der Waals surface area contributed by atoms with Gasteiger partial charge in [0.05, 0.1) is 29.8 Å². The van der Waals surface area contributed by atoms with Crippen molar-refractivity contribution in [1.82, 2.24) is 41.7 Å². The van der Waals surface area contributed by atoms with Crippen LogP contribution in [-0.2, 0) is 59.4 Å². The summed E-state index contributed by atoms with van der Waals surface area (Å²) in [5.41, 5.74) is 4.62. The van der Waals surface area contributed by atoms with Crippen molar-refractivity contribution in [2.24, 2.45) is 10.8 Å². The molecule has 7 N–H and O–H groups in total. The number of nitriles is 1. The third kappa shape index (κ3) is 13.8. The number of nitrogens with zero attached hydrogens (tertiary/aromatic N) is 3. The molecule has 9 atom stereocenters. The van der Waals surface area contributed by atoms with Crippen molar-refractivity contribution in [3.8, 4) is 6.07 Å². The highest BCUT2D eigenvalue weighted by Gasteiger charge is 2.47. The molecule has 2 heterocycles. The van der Waals surface area contributed by atoms with Crippen molar-refractivity contribution >= 4 is 47.0 Å². The van der Waals surface area contributed by atoms with E-state index in [1.807, 2.05) is 108 Å². The average Bonchev–Trinajstić information content (AvgIpc) is 4.02. The van der Waals surface area contributed by atoms with Crippen molar-refractivity contribution in [1.29, 1.82) is 5.26 Å². The molecular formula is C61H78N10O7. The van der Waals surface area contributed by atoms with Crippen LogP contribution in [0.2, 0.25) is 0 Å². The van der Waals surface area contributed by atoms with Gasteiger partial charge in [-0.1, -0.05) is 120 Å². The van der Waals surface area contributed by atoms with E-state index in [2.05, 4.69) is 49.4 Å². The first kappa shape index (κ1) is 58.3. The molecule has 0 spiro atoms. The van der Waals surface area contributed by atoms with Crippen LogP contribution in [0.25, 0.3) is 0 Å². The molecule has 0 radical (unpaired) electrons. The van der Waals surface area contributed by atoms with Gasteiger partial charge in [0.2, 0.25) is 41.4 Å². The maximum Gasteiger partial charge on any atom is 0.247 e. The molecule has 78 heavy (non-hydrogen) atoms. The molecule has 2 aliphatic heterocycles. The number of aryl methyl sites for hydroxylation is 1. The largest absolute Gasteiger partial charge is 0.347 e. The first-order valence-corrected chi connectivity index (χ1v) is 27.2. The highest BCUT2D eigenvalue weighted by molar-refractivity contribution is 6.00. The van der Waals surface area contributed by atoms with Crippen molar-refractivity contribution < 1.29 is 33.6 Å². The fourth-order valence-electron chi connectivity index (χ4n) is 10.7. The number of anilines is 1. The van der Waals surface area contributed by atoms with E-state index in [1.165, 1.54) is 10.5 Å². The molecule has 1 saturated heterocycles. The van der Waals surface area contributed by atoms with Crippen LogP contribution >= 0.6 is 0 Å². The Hall–Kier alpha value is -7.42. The van der Waals surface area contributed by atoms with Gasteiger partial charge in [-0.2, -0.15) is 5.26 Å². The number of fused-ring (bicyclic) bond motifs is 2. The quantitative estimate of drug-likeness (QED) is 0.0718. The van der Waals surface area contributed by atoms with Gasteiger partial charge >= 0.3 is 0 Å². The zero-order valence-corrected chi connectivity index (χ0v) is 46.8. The zero-order chi connectivity index (χ0) is 56.6. The van der Waals surface area contributed by atoms with Gasteiger partial charge in [0, 0.05) is 37.5 Å². The van der Waals surface area contributed by atoms with Crippen LogP contribution in [-0.4, -0.2) is 114 Å². The minimum Gasteiger partial charge on any atom is -0.347 e. The predicted molar refractivity (Wildman–Crippen MR) is 299 cm³/mol. The Bertz CT molecular complexity index is 2910. The topological polar surface area (TPSA) is 234 Å². The van der Waals surface area contributed by atoms with E-state index in [0.717, 1.165) is 47.1 Å². The first-order valence-electron chi connectivity index (χ1n) is 27.2. The van der Waals surface area contributed by atoms with E-state index in [0.29, 0.717) is 11.3 Å². The fraction of sp³-hybridized carbons (Fsp3) is 0.475. The maximum atomic E-state index is 15.2. The Kier molecular flexibility index (Phi) is 18.6. The maximum absolute atomic E-state index is 15.2. The van der Waals surface area contributed by atoms with Crippen LogP contribution in [0.1, 0.15) is 126 Å². The SMILES string of the molecule is CN[C@@H](C)C(=O)N[C@H](C(=O)N1C[C@@H](c2ccc3c(c2)CN(C(=O)[C@@H](NC(=O)[C@H](C)NC)C(C)(C)C)[C@H](C(=O)N[C@@H]2CCCc4ccccc42)C3)C[C@H]1C(=O)N[C@@H](Cc1ccccc1)C(=O)Nc1cccc(C#N)c1)C(C)(C)C. The Balaban J connectivity index is 1.24. The summed E-state index contributed by atoms with van der Waals surface area (Å²) in [5.74, 6) is -3.43. The first-order chi connectivity index (χ1) is 37.0. The summed E-state index contributed by atoms with van der Waals surface area (Å²) in [6.45, 7) is 14.7. The van der Waals surface area contributed by atoms with Gasteiger partial charge in [0.15, 0.2) is 0 Å². The number of likely N-dealkylation sites (N-methyl/N-ethyl adjacent to an activating group) is 2. The molecule has 17 heteroatoms. The number of benzene rings is 4. The van der Waals surface area contributed by atoms with E-state index in [9.17, 15) is 24.4 Å². The lowest BCUT2D eigenvalue weighted by Gasteiger charge is -2.42.